The van der Waals surface area contributed by atoms with Crippen molar-refractivity contribution in [1.29, 1.82) is 5.26 Å². The Morgan fingerprint density at radius 1 is 1.17 bits per heavy atom. The molecule has 0 atom stereocenters. The zero-order valence-electron chi connectivity index (χ0n) is 16.1. The molecular weight excluding hydrogens is 392 g/mol. The predicted molar refractivity (Wildman–Crippen MR) is 109 cm³/mol. The van der Waals surface area contributed by atoms with Crippen molar-refractivity contribution in [1.82, 2.24) is 4.90 Å². The van der Waals surface area contributed by atoms with Gasteiger partial charge in [0.25, 0.3) is 11.8 Å². The number of imide groups is 1. The molecule has 148 valence electrons. The predicted octanol–water partition coefficient (Wildman–Crippen LogP) is 4.23. The number of halogens is 1. The lowest BCUT2D eigenvalue weighted by molar-refractivity contribution is -0.140. The summed E-state index contributed by atoms with van der Waals surface area (Å²) >= 11 is 5.91. The minimum atomic E-state index is -0.579. The van der Waals surface area contributed by atoms with Crippen LogP contribution in [0.4, 0.5) is 0 Å². The molecule has 3 rings (SSSR count). The maximum absolute atomic E-state index is 12.9. The van der Waals surface area contributed by atoms with E-state index in [4.69, 9.17) is 20.8 Å². The topological polar surface area (TPSA) is 83.5 Å². The van der Waals surface area contributed by atoms with Crippen molar-refractivity contribution in [3.05, 3.63) is 63.9 Å². The lowest BCUT2D eigenvalue weighted by Crippen LogP contribution is -2.43. The molecule has 1 aromatic carbocycles. The van der Waals surface area contributed by atoms with E-state index < -0.39 is 11.8 Å². The van der Waals surface area contributed by atoms with E-state index >= 15 is 0 Å². The van der Waals surface area contributed by atoms with Crippen LogP contribution in [0.2, 0.25) is 5.02 Å². The van der Waals surface area contributed by atoms with Gasteiger partial charge in [0.1, 0.15) is 23.2 Å². The molecule has 0 unspecified atom stereocenters. The van der Waals surface area contributed by atoms with Gasteiger partial charge < -0.3 is 9.15 Å². The number of carbonyl (C=O) groups is 2. The van der Waals surface area contributed by atoms with Crippen LogP contribution in [0.5, 0.6) is 0 Å². The molecule has 0 N–H and O–H groups in total. The largest absolute Gasteiger partial charge is 0.457 e. The van der Waals surface area contributed by atoms with Gasteiger partial charge in [-0.15, -0.1) is 0 Å². The molecule has 0 saturated carbocycles. The first-order valence-corrected chi connectivity index (χ1v) is 9.38. The Morgan fingerprint density at radius 3 is 2.55 bits per heavy atom. The second-order valence-electron chi connectivity index (χ2n) is 6.49. The lowest BCUT2D eigenvalue weighted by Gasteiger charge is -2.27. The normalized spacial score (nSPS) is 15.9. The van der Waals surface area contributed by atoms with Crippen LogP contribution in [-0.4, -0.2) is 37.0 Å². The maximum atomic E-state index is 12.9. The van der Waals surface area contributed by atoms with Crippen LogP contribution in [-0.2, 0) is 14.3 Å². The first-order valence-electron chi connectivity index (χ1n) is 9.00. The molecule has 0 radical (unpaired) electrons. The SMILES string of the molecule is COCCCN1C(=O)C(C#N)=C(C)/C(=C\c2ccc(-c3ccc(Cl)cc3)o2)C1=O. The van der Waals surface area contributed by atoms with E-state index in [1.165, 1.54) is 0 Å². The molecule has 2 aromatic rings. The fourth-order valence-corrected chi connectivity index (χ4v) is 3.17. The number of amides is 2. The molecule has 0 saturated heterocycles. The number of furan rings is 1. The standard InChI is InChI=1S/C22H19ClN2O4/c1-14-18(21(26)25(10-3-11-28-2)22(27)19(14)13-24)12-17-8-9-20(29-17)15-4-6-16(23)7-5-15/h4-9,12H,3,10-11H2,1-2H3/b18-12+. The zero-order chi connectivity index (χ0) is 21.0. The van der Waals surface area contributed by atoms with E-state index in [1.807, 2.05) is 18.2 Å². The average molecular weight is 411 g/mol. The summed E-state index contributed by atoms with van der Waals surface area (Å²) in [6.07, 6.45) is 2.05. The van der Waals surface area contributed by atoms with E-state index in [0.29, 0.717) is 35.1 Å². The van der Waals surface area contributed by atoms with Crippen molar-refractivity contribution in [2.45, 2.75) is 13.3 Å². The number of hydrogen-bond donors (Lipinski definition) is 0. The summed E-state index contributed by atoms with van der Waals surface area (Å²) in [4.78, 5) is 26.5. The molecule has 6 nitrogen and oxygen atoms in total. The molecule has 2 amide bonds. The first kappa shape index (κ1) is 20.6. The van der Waals surface area contributed by atoms with E-state index in [-0.39, 0.29) is 17.7 Å². The zero-order valence-corrected chi connectivity index (χ0v) is 16.8. The Morgan fingerprint density at radius 2 is 1.90 bits per heavy atom. The lowest BCUT2D eigenvalue weighted by atomic mass is 9.94. The number of rotatable bonds is 6. The highest BCUT2D eigenvalue weighted by molar-refractivity contribution is 6.30. The average Bonchev–Trinajstić information content (AvgIpc) is 3.17. The van der Waals surface area contributed by atoms with E-state index in [9.17, 15) is 14.9 Å². The van der Waals surface area contributed by atoms with Gasteiger partial charge in [0.15, 0.2) is 0 Å². The number of ether oxygens (including phenoxy) is 1. The molecule has 0 bridgehead atoms. The van der Waals surface area contributed by atoms with Crippen LogP contribution >= 0.6 is 11.6 Å². The Balaban J connectivity index is 1.95. The molecule has 0 spiro atoms. The quantitative estimate of drug-likeness (QED) is 0.404. The van der Waals surface area contributed by atoms with Gasteiger partial charge in [-0.25, -0.2) is 0 Å². The van der Waals surface area contributed by atoms with Crippen LogP contribution < -0.4 is 0 Å². The third-order valence-electron chi connectivity index (χ3n) is 4.60. The van der Waals surface area contributed by atoms with E-state index in [1.54, 1.807) is 44.4 Å². The van der Waals surface area contributed by atoms with Crippen LogP contribution in [0, 0.1) is 11.3 Å². The Hall–Kier alpha value is -3.14. The minimum absolute atomic E-state index is 0.0438. The molecule has 0 aliphatic carbocycles. The number of nitriles is 1. The minimum Gasteiger partial charge on any atom is -0.457 e. The highest BCUT2D eigenvalue weighted by atomic mass is 35.5. The molecule has 0 fully saturated rings. The van der Waals surface area contributed by atoms with E-state index in [0.717, 1.165) is 10.5 Å². The Bertz CT molecular complexity index is 1040. The summed E-state index contributed by atoms with van der Waals surface area (Å²) in [5.74, 6) is 0.0321. The van der Waals surface area contributed by atoms with Crippen molar-refractivity contribution in [2.24, 2.45) is 0 Å². The molecule has 7 heteroatoms. The second-order valence-corrected chi connectivity index (χ2v) is 6.92. The van der Waals surface area contributed by atoms with Gasteiger partial charge in [-0.3, -0.25) is 14.5 Å². The second kappa shape index (κ2) is 8.91. The molecule has 1 aliphatic rings. The fourth-order valence-electron chi connectivity index (χ4n) is 3.04. The summed E-state index contributed by atoms with van der Waals surface area (Å²) in [7, 11) is 1.55. The third kappa shape index (κ3) is 4.32. The summed E-state index contributed by atoms with van der Waals surface area (Å²) in [5.41, 5.74) is 1.40. The van der Waals surface area contributed by atoms with Gasteiger partial charge in [-0.1, -0.05) is 11.6 Å². The molecule has 29 heavy (non-hydrogen) atoms. The Labute approximate surface area is 173 Å². The third-order valence-corrected chi connectivity index (χ3v) is 4.85. The monoisotopic (exact) mass is 410 g/mol. The number of benzene rings is 1. The van der Waals surface area contributed by atoms with Gasteiger partial charge in [-0.2, -0.15) is 5.26 Å². The summed E-state index contributed by atoms with van der Waals surface area (Å²) < 4.78 is 10.8. The van der Waals surface area contributed by atoms with Gasteiger partial charge in [0.05, 0.1) is 0 Å². The van der Waals surface area contributed by atoms with Crippen LogP contribution in [0.1, 0.15) is 19.1 Å². The number of carbonyl (C=O) groups excluding carboxylic acids is 2. The Kier molecular flexibility index (Phi) is 6.32. The van der Waals surface area contributed by atoms with Gasteiger partial charge in [-0.05, 0) is 61.4 Å². The van der Waals surface area contributed by atoms with Gasteiger partial charge in [0, 0.05) is 36.4 Å². The van der Waals surface area contributed by atoms with E-state index in [2.05, 4.69) is 0 Å². The molecule has 1 aliphatic heterocycles. The van der Waals surface area contributed by atoms with Crippen LogP contribution in [0.15, 0.2) is 57.5 Å². The van der Waals surface area contributed by atoms with Gasteiger partial charge >= 0.3 is 0 Å². The van der Waals surface area contributed by atoms with Crippen LogP contribution in [0.25, 0.3) is 17.4 Å². The fraction of sp³-hybridized carbons (Fsp3) is 0.227. The highest BCUT2D eigenvalue weighted by Gasteiger charge is 2.35. The van der Waals surface area contributed by atoms with Crippen LogP contribution in [0.3, 0.4) is 0 Å². The molecule has 1 aromatic heterocycles. The van der Waals surface area contributed by atoms with Gasteiger partial charge in [0.2, 0.25) is 0 Å². The number of hydrogen-bond acceptors (Lipinski definition) is 5. The smallest absolute Gasteiger partial charge is 0.271 e. The molecular formula is C22H19ClN2O4. The molecule has 2 heterocycles. The summed E-state index contributed by atoms with van der Waals surface area (Å²) in [6.45, 7) is 2.18. The van der Waals surface area contributed by atoms with Crippen molar-refractivity contribution < 1.29 is 18.7 Å². The summed E-state index contributed by atoms with van der Waals surface area (Å²) in [5, 5.41) is 10.0. The highest BCUT2D eigenvalue weighted by Crippen LogP contribution is 2.29. The summed E-state index contributed by atoms with van der Waals surface area (Å²) in [6, 6.07) is 12.6. The van der Waals surface area contributed by atoms with Crippen molar-refractivity contribution in [3.63, 3.8) is 0 Å². The van der Waals surface area contributed by atoms with Crippen molar-refractivity contribution >= 4 is 29.5 Å². The maximum Gasteiger partial charge on any atom is 0.271 e. The number of nitrogens with zero attached hydrogens (tertiary/aromatic N) is 2. The first-order chi connectivity index (χ1) is 14.0. The number of methoxy groups -OCH3 is 1. The van der Waals surface area contributed by atoms with Crippen molar-refractivity contribution in [2.75, 3.05) is 20.3 Å². The van der Waals surface area contributed by atoms with Crippen molar-refractivity contribution in [3.8, 4) is 17.4 Å².